The number of piperidine rings is 1. The number of halogens is 1. The number of nitrogens with one attached hydrogen (secondary N) is 2. The summed E-state index contributed by atoms with van der Waals surface area (Å²) in [7, 11) is -3.62. The summed E-state index contributed by atoms with van der Waals surface area (Å²) >= 11 is 7.47. The topological polar surface area (TPSA) is 104 Å². The summed E-state index contributed by atoms with van der Waals surface area (Å²) in [6.45, 7) is 3.51. The predicted molar refractivity (Wildman–Crippen MR) is 131 cm³/mol. The highest BCUT2D eigenvalue weighted by molar-refractivity contribution is 7.99. The molecule has 11 heteroatoms. The Balaban J connectivity index is 1.42. The van der Waals surface area contributed by atoms with E-state index in [0.717, 1.165) is 36.0 Å². The van der Waals surface area contributed by atoms with Crippen LogP contribution in [0.15, 0.2) is 46.5 Å². The van der Waals surface area contributed by atoms with E-state index in [1.165, 1.54) is 34.3 Å². The van der Waals surface area contributed by atoms with Crippen LogP contribution in [0.4, 0.5) is 5.69 Å². The van der Waals surface area contributed by atoms with Gasteiger partial charge in [-0.3, -0.25) is 4.79 Å². The predicted octanol–water partition coefficient (Wildman–Crippen LogP) is 4.52. The molecule has 1 aliphatic rings. The monoisotopic (exact) mass is 508 g/mol. The molecule has 1 amide bonds. The number of sulfonamides is 1. The lowest BCUT2D eigenvalue weighted by Gasteiger charge is -2.26. The van der Waals surface area contributed by atoms with Crippen molar-refractivity contribution in [1.29, 1.82) is 0 Å². The van der Waals surface area contributed by atoms with E-state index in [1.54, 1.807) is 0 Å². The number of amides is 1. The fourth-order valence-corrected chi connectivity index (χ4v) is 6.02. The van der Waals surface area contributed by atoms with Crippen LogP contribution in [-0.2, 0) is 14.8 Å². The quantitative estimate of drug-likeness (QED) is 0.433. The summed E-state index contributed by atoms with van der Waals surface area (Å²) in [4.78, 5) is 20.3. The molecule has 8 nitrogen and oxygen atoms in total. The fourth-order valence-electron chi connectivity index (χ4n) is 3.63. The van der Waals surface area contributed by atoms with E-state index in [0.29, 0.717) is 24.9 Å². The van der Waals surface area contributed by atoms with Gasteiger partial charge in [0.1, 0.15) is 5.75 Å². The van der Waals surface area contributed by atoms with Crippen LogP contribution in [0.3, 0.4) is 0 Å². The second-order valence-corrected chi connectivity index (χ2v) is 10.9. The summed E-state index contributed by atoms with van der Waals surface area (Å²) in [6, 6.07) is 9.96. The van der Waals surface area contributed by atoms with E-state index in [2.05, 4.69) is 15.3 Å². The SMILES string of the molecule is CCOc1ccc2nc(SCC(=O)Nc3cc(S(=O)(=O)N4CCCCC4)ccc3Cl)[nH]c2c1. The number of H-pyrrole nitrogens is 1. The van der Waals surface area contributed by atoms with Crippen LogP contribution >= 0.6 is 23.4 Å². The van der Waals surface area contributed by atoms with Gasteiger partial charge in [0.15, 0.2) is 5.16 Å². The van der Waals surface area contributed by atoms with E-state index in [9.17, 15) is 13.2 Å². The Morgan fingerprint density at radius 2 is 2.00 bits per heavy atom. The Kier molecular flexibility index (Phi) is 7.48. The number of aromatic nitrogens is 2. The summed E-state index contributed by atoms with van der Waals surface area (Å²) in [5.41, 5.74) is 1.87. The number of rotatable bonds is 8. The maximum Gasteiger partial charge on any atom is 0.243 e. The molecule has 3 aromatic rings. The number of nitrogens with zero attached hydrogens (tertiary/aromatic N) is 2. The van der Waals surface area contributed by atoms with Gasteiger partial charge in [0.2, 0.25) is 15.9 Å². The van der Waals surface area contributed by atoms with Crippen molar-refractivity contribution in [3.8, 4) is 5.75 Å². The third-order valence-electron chi connectivity index (χ3n) is 5.25. The van der Waals surface area contributed by atoms with Crippen molar-refractivity contribution in [3.05, 3.63) is 41.4 Å². The Morgan fingerprint density at radius 1 is 1.21 bits per heavy atom. The number of fused-ring (bicyclic) bond motifs is 1. The van der Waals surface area contributed by atoms with E-state index >= 15 is 0 Å². The Labute approximate surface area is 202 Å². The van der Waals surface area contributed by atoms with Crippen LogP contribution in [-0.4, -0.2) is 54.0 Å². The standard InChI is InChI=1S/C22H25ClN4O4S2/c1-2-31-15-6-9-18-20(12-15)26-22(25-18)32-14-21(28)24-19-13-16(7-8-17(19)23)33(29,30)27-10-4-3-5-11-27/h6-9,12-13H,2-5,10-11,14H2,1H3,(H,24,28)(H,25,26). The number of hydrogen-bond acceptors (Lipinski definition) is 6. The maximum atomic E-state index is 12.9. The lowest BCUT2D eigenvalue weighted by atomic mass is 10.2. The summed E-state index contributed by atoms with van der Waals surface area (Å²) < 4.78 is 32.9. The number of anilines is 1. The zero-order valence-electron chi connectivity index (χ0n) is 18.1. The van der Waals surface area contributed by atoms with E-state index in [1.807, 2.05) is 25.1 Å². The molecule has 1 aromatic heterocycles. The van der Waals surface area contributed by atoms with Gasteiger partial charge in [0.25, 0.3) is 0 Å². The van der Waals surface area contributed by atoms with Crippen molar-refractivity contribution in [2.75, 3.05) is 30.8 Å². The molecular formula is C22H25ClN4O4S2. The van der Waals surface area contributed by atoms with Crippen molar-refractivity contribution < 1.29 is 17.9 Å². The first-order valence-corrected chi connectivity index (χ1v) is 13.5. The third kappa shape index (κ3) is 5.63. The highest BCUT2D eigenvalue weighted by Crippen LogP contribution is 2.29. The average molecular weight is 509 g/mol. The van der Waals surface area contributed by atoms with Gasteiger partial charge in [-0.05, 0) is 50.1 Å². The lowest BCUT2D eigenvalue weighted by molar-refractivity contribution is -0.113. The first-order chi connectivity index (χ1) is 15.9. The van der Waals surface area contributed by atoms with Crippen molar-refractivity contribution >= 4 is 56.0 Å². The number of aromatic amines is 1. The largest absolute Gasteiger partial charge is 0.494 e. The molecule has 0 spiro atoms. The van der Waals surface area contributed by atoms with Gasteiger partial charge >= 0.3 is 0 Å². The minimum absolute atomic E-state index is 0.0809. The molecule has 0 saturated carbocycles. The average Bonchev–Trinajstić information content (AvgIpc) is 3.22. The second kappa shape index (κ2) is 10.3. The zero-order valence-corrected chi connectivity index (χ0v) is 20.5. The smallest absolute Gasteiger partial charge is 0.243 e. The van der Waals surface area contributed by atoms with Crippen LogP contribution in [0.1, 0.15) is 26.2 Å². The molecule has 0 bridgehead atoms. The Bertz CT molecular complexity index is 1260. The highest BCUT2D eigenvalue weighted by atomic mass is 35.5. The molecule has 0 aliphatic carbocycles. The summed E-state index contributed by atoms with van der Waals surface area (Å²) in [5, 5.41) is 3.59. The van der Waals surface area contributed by atoms with Gasteiger partial charge in [-0.15, -0.1) is 0 Å². The minimum atomic E-state index is -3.62. The van der Waals surface area contributed by atoms with Crippen molar-refractivity contribution in [3.63, 3.8) is 0 Å². The lowest BCUT2D eigenvalue weighted by Crippen LogP contribution is -2.35. The molecule has 1 aliphatic heterocycles. The molecule has 0 atom stereocenters. The number of carbonyl (C=O) groups is 1. The normalized spacial score (nSPS) is 15.0. The molecule has 1 saturated heterocycles. The maximum absolute atomic E-state index is 12.9. The van der Waals surface area contributed by atoms with E-state index in [4.69, 9.17) is 16.3 Å². The molecule has 0 unspecified atom stereocenters. The summed E-state index contributed by atoms with van der Waals surface area (Å²) in [6.07, 6.45) is 2.73. The number of carbonyl (C=O) groups excluding carboxylic acids is 1. The fraction of sp³-hybridized carbons (Fsp3) is 0.364. The van der Waals surface area contributed by atoms with Crippen LogP contribution in [0.2, 0.25) is 5.02 Å². The van der Waals surface area contributed by atoms with Crippen LogP contribution in [0.5, 0.6) is 5.75 Å². The van der Waals surface area contributed by atoms with Crippen molar-refractivity contribution in [2.45, 2.75) is 36.2 Å². The van der Waals surface area contributed by atoms with Crippen LogP contribution in [0, 0.1) is 0 Å². The first-order valence-electron chi connectivity index (χ1n) is 10.7. The number of ether oxygens (including phenoxy) is 1. The van der Waals surface area contributed by atoms with Crippen LogP contribution < -0.4 is 10.1 Å². The summed E-state index contributed by atoms with van der Waals surface area (Å²) in [5.74, 6) is 0.513. The van der Waals surface area contributed by atoms with Gasteiger partial charge in [0.05, 0.1) is 39.0 Å². The van der Waals surface area contributed by atoms with Crippen LogP contribution in [0.25, 0.3) is 11.0 Å². The van der Waals surface area contributed by atoms with E-state index < -0.39 is 10.0 Å². The van der Waals surface area contributed by atoms with E-state index in [-0.39, 0.29) is 27.3 Å². The van der Waals surface area contributed by atoms with Gasteiger partial charge < -0.3 is 15.0 Å². The highest BCUT2D eigenvalue weighted by Gasteiger charge is 2.26. The molecule has 176 valence electrons. The minimum Gasteiger partial charge on any atom is -0.494 e. The van der Waals surface area contributed by atoms with Gasteiger partial charge in [-0.1, -0.05) is 29.8 Å². The van der Waals surface area contributed by atoms with Gasteiger partial charge in [-0.25, -0.2) is 13.4 Å². The number of thioether (sulfide) groups is 1. The molecule has 2 aromatic carbocycles. The van der Waals surface area contributed by atoms with Crippen molar-refractivity contribution in [2.24, 2.45) is 0 Å². The first kappa shape index (κ1) is 23.9. The van der Waals surface area contributed by atoms with Gasteiger partial charge in [-0.2, -0.15) is 4.31 Å². The number of hydrogen-bond donors (Lipinski definition) is 2. The van der Waals surface area contributed by atoms with Gasteiger partial charge in [0, 0.05) is 19.2 Å². The Hall–Kier alpha value is -2.27. The Morgan fingerprint density at radius 3 is 2.76 bits per heavy atom. The van der Waals surface area contributed by atoms with Crippen molar-refractivity contribution in [1.82, 2.24) is 14.3 Å². The molecule has 33 heavy (non-hydrogen) atoms. The molecule has 2 N–H and O–H groups in total. The number of benzene rings is 2. The molecule has 0 radical (unpaired) electrons. The second-order valence-electron chi connectivity index (χ2n) is 7.60. The molecule has 4 rings (SSSR count). The molecular weight excluding hydrogens is 484 g/mol. The molecule has 1 fully saturated rings. The zero-order chi connectivity index (χ0) is 23.4. The molecule has 2 heterocycles. The number of imidazole rings is 1. The third-order valence-corrected chi connectivity index (χ3v) is 8.34.